The molecule has 2 aromatic carbocycles. The summed E-state index contributed by atoms with van der Waals surface area (Å²) in [5, 5.41) is 6.18. The van der Waals surface area contributed by atoms with Crippen molar-refractivity contribution in [2.45, 2.75) is 45.2 Å². The van der Waals surface area contributed by atoms with Gasteiger partial charge in [0.2, 0.25) is 0 Å². The molecule has 0 bridgehead atoms. The van der Waals surface area contributed by atoms with Gasteiger partial charge in [-0.2, -0.15) is 0 Å². The Labute approximate surface area is 199 Å². The normalized spacial score (nSPS) is 15.1. The van der Waals surface area contributed by atoms with Crippen molar-refractivity contribution in [3.63, 3.8) is 0 Å². The van der Waals surface area contributed by atoms with E-state index in [1.54, 1.807) is 0 Å². The molecular formula is C28H30N4O2. The van der Waals surface area contributed by atoms with E-state index in [2.05, 4.69) is 45.4 Å². The molecule has 6 nitrogen and oxygen atoms in total. The molecule has 3 heterocycles. The third-order valence-electron chi connectivity index (χ3n) is 6.58. The molecule has 5 rings (SSSR count). The summed E-state index contributed by atoms with van der Waals surface area (Å²) >= 11 is 0. The minimum absolute atomic E-state index is 0.110. The highest BCUT2D eigenvalue weighted by Gasteiger charge is 2.16. The topological polar surface area (TPSA) is 85.2 Å². The number of hydrogen-bond acceptors (Lipinski definition) is 6. The molecule has 1 aliphatic rings. The summed E-state index contributed by atoms with van der Waals surface area (Å²) in [6, 6.07) is 17.0. The summed E-state index contributed by atoms with van der Waals surface area (Å²) < 4.78 is 5.17. The van der Waals surface area contributed by atoms with Crippen LogP contribution in [-0.2, 0) is 24.2 Å². The van der Waals surface area contributed by atoms with Crippen molar-refractivity contribution < 1.29 is 9.32 Å². The van der Waals surface area contributed by atoms with Crippen LogP contribution >= 0.6 is 0 Å². The Morgan fingerprint density at radius 3 is 2.53 bits per heavy atom. The molecule has 0 radical (unpaired) electrons. The van der Waals surface area contributed by atoms with E-state index in [0.717, 1.165) is 60.2 Å². The van der Waals surface area contributed by atoms with E-state index in [0.29, 0.717) is 18.2 Å². The fraction of sp³-hybridized carbons (Fsp3) is 0.321. The lowest BCUT2D eigenvalue weighted by molar-refractivity contribution is -0.118. The van der Waals surface area contributed by atoms with Crippen LogP contribution in [0.2, 0.25) is 0 Å². The number of likely N-dealkylation sites (tertiary alicyclic amines) is 1. The average Bonchev–Trinajstić information content (AvgIpc) is 3.25. The molecule has 1 fully saturated rings. The van der Waals surface area contributed by atoms with Gasteiger partial charge in [-0.15, -0.1) is 0 Å². The number of nitrogens with zero attached hydrogens (tertiary/aromatic N) is 3. The van der Waals surface area contributed by atoms with E-state index >= 15 is 0 Å². The molecule has 0 unspecified atom stereocenters. The predicted octanol–water partition coefficient (Wildman–Crippen LogP) is 4.48. The number of nitrogens with two attached hydrogens (primary N) is 1. The smallest absolute Gasteiger partial charge is 0.144 e. The summed E-state index contributed by atoms with van der Waals surface area (Å²) in [6.45, 7) is 4.90. The van der Waals surface area contributed by atoms with Crippen molar-refractivity contribution >= 4 is 16.6 Å². The second-order valence-corrected chi connectivity index (χ2v) is 9.38. The average molecular weight is 455 g/mol. The summed E-state index contributed by atoms with van der Waals surface area (Å²) in [5.41, 5.74) is 11.4. The molecular weight excluding hydrogens is 424 g/mol. The van der Waals surface area contributed by atoms with Crippen molar-refractivity contribution in [3.8, 4) is 11.1 Å². The molecule has 6 heteroatoms. The Morgan fingerprint density at radius 2 is 1.79 bits per heavy atom. The Morgan fingerprint density at radius 1 is 1.03 bits per heavy atom. The fourth-order valence-corrected chi connectivity index (χ4v) is 4.69. The molecule has 2 N–H and O–H groups in total. The van der Waals surface area contributed by atoms with Gasteiger partial charge in [-0.3, -0.25) is 14.7 Å². The highest BCUT2D eigenvalue weighted by molar-refractivity contribution is 5.96. The minimum Gasteiger partial charge on any atom is -0.361 e. The van der Waals surface area contributed by atoms with Gasteiger partial charge in [0.1, 0.15) is 11.5 Å². The van der Waals surface area contributed by atoms with Crippen molar-refractivity contribution in [3.05, 3.63) is 83.5 Å². The number of hydrogen-bond donors (Lipinski definition) is 1. The molecule has 0 atom stereocenters. The molecule has 174 valence electrons. The maximum atomic E-state index is 12.4. The van der Waals surface area contributed by atoms with Gasteiger partial charge in [0.15, 0.2) is 0 Å². The number of piperidine rings is 1. The Bertz CT molecular complexity index is 1290. The van der Waals surface area contributed by atoms with Crippen LogP contribution in [0.15, 0.2) is 65.4 Å². The van der Waals surface area contributed by atoms with Crippen molar-refractivity contribution in [2.75, 3.05) is 13.1 Å². The van der Waals surface area contributed by atoms with Gasteiger partial charge in [-0.1, -0.05) is 41.6 Å². The molecule has 1 saturated heterocycles. The standard InChI is InChI=1S/C28H30N4O2/c1-19-12-26(34-31-19)15-25(33)13-20-2-5-22(6-3-20)28-17-30-16-23-7-4-21(14-27(23)28)18-32-10-8-24(29)9-11-32/h2-7,12,14,16-17,24H,8-11,13,15,18,29H2,1H3. The Balaban J connectivity index is 1.32. The molecule has 0 saturated carbocycles. The maximum absolute atomic E-state index is 12.4. The molecule has 0 amide bonds. The number of pyridine rings is 1. The van der Waals surface area contributed by atoms with Crippen LogP contribution in [0.3, 0.4) is 0 Å². The van der Waals surface area contributed by atoms with E-state index in [1.807, 2.05) is 37.5 Å². The first-order valence-electron chi connectivity index (χ1n) is 11.9. The van der Waals surface area contributed by atoms with Gasteiger partial charge in [0.05, 0.1) is 12.1 Å². The third-order valence-corrected chi connectivity index (χ3v) is 6.58. The Kier molecular flexibility index (Phi) is 6.52. The lowest BCUT2D eigenvalue weighted by Gasteiger charge is -2.30. The molecule has 4 aromatic rings. The second-order valence-electron chi connectivity index (χ2n) is 9.38. The van der Waals surface area contributed by atoms with Crippen LogP contribution < -0.4 is 5.73 Å². The Hall–Kier alpha value is -3.35. The first-order valence-corrected chi connectivity index (χ1v) is 11.9. The molecule has 2 aromatic heterocycles. The van der Waals surface area contributed by atoms with Crippen molar-refractivity contribution in [2.24, 2.45) is 5.73 Å². The minimum atomic E-state index is 0.110. The first kappa shape index (κ1) is 22.4. The van der Waals surface area contributed by atoms with E-state index in [4.69, 9.17) is 10.3 Å². The number of ketones is 1. The number of aromatic nitrogens is 2. The largest absolute Gasteiger partial charge is 0.361 e. The number of carbonyl (C=O) groups is 1. The van der Waals surface area contributed by atoms with Gasteiger partial charge in [0.25, 0.3) is 0 Å². The van der Waals surface area contributed by atoms with Gasteiger partial charge in [-0.05, 0) is 61.0 Å². The van der Waals surface area contributed by atoms with Crippen LogP contribution in [0.4, 0.5) is 0 Å². The molecule has 1 aliphatic heterocycles. The van der Waals surface area contributed by atoms with Gasteiger partial charge >= 0.3 is 0 Å². The van der Waals surface area contributed by atoms with E-state index < -0.39 is 0 Å². The van der Waals surface area contributed by atoms with Crippen LogP contribution in [0.5, 0.6) is 0 Å². The second kappa shape index (κ2) is 9.87. The zero-order chi connectivity index (χ0) is 23.5. The fourth-order valence-electron chi connectivity index (χ4n) is 4.69. The maximum Gasteiger partial charge on any atom is 0.144 e. The number of carbonyl (C=O) groups excluding carboxylic acids is 1. The van der Waals surface area contributed by atoms with Crippen molar-refractivity contribution in [1.82, 2.24) is 15.0 Å². The first-order chi connectivity index (χ1) is 16.5. The summed E-state index contributed by atoms with van der Waals surface area (Å²) in [5.74, 6) is 0.725. The molecule has 0 aliphatic carbocycles. The summed E-state index contributed by atoms with van der Waals surface area (Å²) in [7, 11) is 0. The number of rotatable bonds is 7. The van der Waals surface area contributed by atoms with E-state index in [1.165, 1.54) is 10.9 Å². The van der Waals surface area contributed by atoms with E-state index in [9.17, 15) is 4.79 Å². The van der Waals surface area contributed by atoms with Crippen molar-refractivity contribution in [1.29, 1.82) is 0 Å². The number of Topliss-reactive ketones (excluding diaryl/α,β-unsaturated/α-hetero) is 1. The third kappa shape index (κ3) is 5.24. The monoisotopic (exact) mass is 454 g/mol. The number of aryl methyl sites for hydroxylation is 1. The zero-order valence-electron chi connectivity index (χ0n) is 19.5. The van der Waals surface area contributed by atoms with Crippen LogP contribution in [-0.4, -0.2) is 40.0 Å². The number of fused-ring (bicyclic) bond motifs is 1. The van der Waals surface area contributed by atoms with Gasteiger partial charge in [-0.25, -0.2) is 0 Å². The highest BCUT2D eigenvalue weighted by Crippen LogP contribution is 2.29. The van der Waals surface area contributed by atoms with Gasteiger partial charge in [0, 0.05) is 48.4 Å². The van der Waals surface area contributed by atoms with Crippen LogP contribution in [0.25, 0.3) is 21.9 Å². The lowest BCUT2D eigenvalue weighted by atomic mass is 9.97. The quantitative estimate of drug-likeness (QED) is 0.443. The number of benzene rings is 2. The van der Waals surface area contributed by atoms with E-state index in [-0.39, 0.29) is 12.2 Å². The van der Waals surface area contributed by atoms with Crippen LogP contribution in [0.1, 0.15) is 35.4 Å². The van der Waals surface area contributed by atoms with Crippen LogP contribution in [0, 0.1) is 6.92 Å². The SMILES string of the molecule is Cc1cc(CC(=O)Cc2ccc(-c3cncc4ccc(CN5CCC(N)CC5)cc34)cc2)on1. The van der Waals surface area contributed by atoms with Gasteiger partial charge < -0.3 is 10.3 Å². The summed E-state index contributed by atoms with van der Waals surface area (Å²) in [4.78, 5) is 19.4. The highest BCUT2D eigenvalue weighted by atomic mass is 16.5. The summed E-state index contributed by atoms with van der Waals surface area (Å²) in [6.07, 6.45) is 6.61. The molecule has 34 heavy (non-hydrogen) atoms. The molecule has 0 spiro atoms. The lowest BCUT2D eigenvalue weighted by Crippen LogP contribution is -2.39. The predicted molar refractivity (Wildman–Crippen MR) is 133 cm³/mol. The zero-order valence-corrected chi connectivity index (χ0v) is 19.5.